The summed E-state index contributed by atoms with van der Waals surface area (Å²) in [6.45, 7) is 14.4. The first-order valence-corrected chi connectivity index (χ1v) is 21.0. The second-order valence-electron chi connectivity index (χ2n) is 18.6. The third kappa shape index (κ3) is 4.86. The van der Waals surface area contributed by atoms with Crippen molar-refractivity contribution in [3.8, 4) is 0 Å². The van der Waals surface area contributed by atoms with Crippen LogP contribution in [0.5, 0.6) is 0 Å². The third-order valence-electron chi connectivity index (χ3n) is 14.3. The highest BCUT2D eigenvalue weighted by Gasteiger charge is 2.61. The Morgan fingerprint density at radius 2 is 1.28 bits per heavy atom. The van der Waals surface area contributed by atoms with Gasteiger partial charge in [0.25, 0.3) is 6.71 Å². The molecule has 280 valence electrons. The molecule has 7 aromatic carbocycles. The van der Waals surface area contributed by atoms with Crippen molar-refractivity contribution >= 4 is 79.4 Å². The predicted octanol–water partition coefficient (Wildman–Crippen LogP) is 12.3. The van der Waals surface area contributed by atoms with E-state index >= 15 is 0 Å². The maximum atomic E-state index is 2.82. The van der Waals surface area contributed by atoms with E-state index in [0.29, 0.717) is 0 Å². The third-order valence-corrected chi connectivity index (χ3v) is 14.3. The lowest BCUT2D eigenvalue weighted by atomic mass is 9.33. The highest BCUT2D eigenvalue weighted by Crippen LogP contribution is 2.61. The van der Waals surface area contributed by atoms with E-state index in [0.717, 1.165) is 17.1 Å². The minimum atomic E-state index is 0.0147. The van der Waals surface area contributed by atoms with Crippen molar-refractivity contribution in [3.63, 3.8) is 0 Å². The zero-order chi connectivity index (χ0) is 38.8. The Hall–Kier alpha value is -5.74. The summed E-state index contributed by atoms with van der Waals surface area (Å²) in [5.41, 5.74) is 18.6. The fourth-order valence-corrected chi connectivity index (χ4v) is 11.3. The van der Waals surface area contributed by atoms with Crippen molar-refractivity contribution in [3.05, 3.63) is 162 Å². The van der Waals surface area contributed by atoms with Crippen LogP contribution in [0.4, 0.5) is 45.5 Å². The van der Waals surface area contributed by atoms with Crippen LogP contribution in [0, 0.1) is 6.92 Å². The predicted molar refractivity (Wildman–Crippen MR) is 244 cm³/mol. The summed E-state index contributed by atoms with van der Waals surface area (Å²) >= 11 is 0. The summed E-state index contributed by atoms with van der Waals surface area (Å²) in [7, 11) is 0. The van der Waals surface area contributed by atoms with Gasteiger partial charge in [0.05, 0.1) is 5.54 Å². The molecule has 0 bridgehead atoms. The Bertz CT molecular complexity index is 2750. The van der Waals surface area contributed by atoms with Crippen molar-refractivity contribution in [1.29, 1.82) is 0 Å². The zero-order valence-corrected chi connectivity index (χ0v) is 34.1. The summed E-state index contributed by atoms with van der Waals surface area (Å²) in [6.07, 6.45) is 5.00. The number of fused-ring (bicyclic) bond motifs is 8. The summed E-state index contributed by atoms with van der Waals surface area (Å²) in [5.74, 6) is 0. The molecule has 4 aliphatic rings. The van der Waals surface area contributed by atoms with Crippen LogP contribution in [-0.4, -0.2) is 12.3 Å². The second kappa shape index (κ2) is 12.1. The summed E-state index contributed by atoms with van der Waals surface area (Å²) in [6, 6.07) is 55.4. The van der Waals surface area contributed by atoms with Crippen molar-refractivity contribution in [2.75, 3.05) is 14.7 Å². The van der Waals surface area contributed by atoms with Crippen molar-refractivity contribution in [2.24, 2.45) is 0 Å². The molecule has 7 aromatic rings. The second-order valence-corrected chi connectivity index (χ2v) is 18.6. The molecule has 0 amide bonds. The normalized spacial score (nSPS) is 20.2. The van der Waals surface area contributed by atoms with Gasteiger partial charge in [0, 0.05) is 50.9 Å². The molecule has 2 atom stereocenters. The Labute approximate surface area is 338 Å². The van der Waals surface area contributed by atoms with Gasteiger partial charge in [-0.25, -0.2) is 0 Å². The first kappa shape index (κ1) is 34.5. The number of hydrogen-bond donors (Lipinski definition) is 0. The Balaban J connectivity index is 1.17. The standard InChI is InChI=1S/C53H50BN3/c1-35-31-47-49-48(32-35)57-50-43(52(5)29-12-13-30-53(52,57)6)19-14-20-45(50)54(49)44-28-27-42(34-46(44)56(47)39-17-8-7-9-18-39)55(40-25-22-38(23-26-40)51(2,3)4)41-24-21-36-15-10-11-16-37(36)33-41/h7-11,14-28,31-34H,12-13,29-30H2,1-6H3. The molecule has 0 N–H and O–H groups in total. The fraction of sp³-hybridized carbons (Fsp3) is 0.245. The number of anilines is 8. The van der Waals surface area contributed by atoms with Crippen LogP contribution in [0.3, 0.4) is 0 Å². The molecule has 0 saturated heterocycles. The number of nitrogens with zero attached hydrogens (tertiary/aromatic N) is 3. The average Bonchev–Trinajstić information content (AvgIpc) is 3.43. The minimum absolute atomic E-state index is 0.0147. The summed E-state index contributed by atoms with van der Waals surface area (Å²) < 4.78 is 0. The Morgan fingerprint density at radius 1 is 0.596 bits per heavy atom. The lowest BCUT2D eigenvalue weighted by Gasteiger charge is -2.52. The van der Waals surface area contributed by atoms with E-state index in [1.165, 1.54) is 92.4 Å². The number of benzene rings is 7. The van der Waals surface area contributed by atoms with Crippen LogP contribution in [0.15, 0.2) is 146 Å². The summed E-state index contributed by atoms with van der Waals surface area (Å²) in [4.78, 5) is 7.84. The van der Waals surface area contributed by atoms with Gasteiger partial charge in [-0.1, -0.05) is 125 Å². The lowest BCUT2D eigenvalue weighted by molar-refractivity contribution is 0.195. The monoisotopic (exact) mass is 739 g/mol. The topological polar surface area (TPSA) is 9.72 Å². The maximum absolute atomic E-state index is 2.82. The molecule has 57 heavy (non-hydrogen) atoms. The van der Waals surface area contributed by atoms with E-state index in [9.17, 15) is 0 Å². The minimum Gasteiger partial charge on any atom is -0.335 e. The van der Waals surface area contributed by atoms with Crippen LogP contribution >= 0.6 is 0 Å². The molecular weight excluding hydrogens is 689 g/mol. The van der Waals surface area contributed by atoms with E-state index in [1.807, 2.05) is 0 Å². The van der Waals surface area contributed by atoms with Crippen molar-refractivity contribution in [2.45, 2.75) is 83.6 Å². The van der Waals surface area contributed by atoms with Crippen LogP contribution in [0.25, 0.3) is 10.8 Å². The first-order valence-electron chi connectivity index (χ1n) is 21.0. The molecule has 4 heteroatoms. The van der Waals surface area contributed by atoms with Gasteiger partial charge in [-0.3, -0.25) is 0 Å². The number of para-hydroxylation sites is 2. The van der Waals surface area contributed by atoms with E-state index in [-0.39, 0.29) is 23.1 Å². The molecule has 0 aromatic heterocycles. The van der Waals surface area contributed by atoms with Crippen LogP contribution < -0.4 is 31.1 Å². The van der Waals surface area contributed by atoms with Gasteiger partial charge >= 0.3 is 0 Å². The zero-order valence-electron chi connectivity index (χ0n) is 34.1. The largest absolute Gasteiger partial charge is 0.335 e. The Morgan fingerprint density at radius 3 is 2.07 bits per heavy atom. The Kier molecular flexibility index (Phi) is 7.35. The number of rotatable bonds is 4. The number of hydrogen-bond acceptors (Lipinski definition) is 3. The average molecular weight is 740 g/mol. The molecule has 2 unspecified atom stereocenters. The van der Waals surface area contributed by atoms with Gasteiger partial charge in [-0.05, 0) is 137 Å². The van der Waals surface area contributed by atoms with E-state index in [1.54, 1.807) is 5.56 Å². The quantitative estimate of drug-likeness (QED) is 0.166. The van der Waals surface area contributed by atoms with Gasteiger partial charge in [-0.15, -0.1) is 0 Å². The van der Waals surface area contributed by atoms with E-state index in [2.05, 4.69) is 202 Å². The highest BCUT2D eigenvalue weighted by molar-refractivity contribution is 7.00. The molecule has 1 aliphatic carbocycles. The van der Waals surface area contributed by atoms with Crippen LogP contribution in [-0.2, 0) is 10.8 Å². The smallest absolute Gasteiger partial charge is 0.252 e. The van der Waals surface area contributed by atoms with Crippen LogP contribution in [0.2, 0.25) is 0 Å². The van der Waals surface area contributed by atoms with Crippen molar-refractivity contribution in [1.82, 2.24) is 0 Å². The molecular formula is C53H50BN3. The van der Waals surface area contributed by atoms with E-state index in [4.69, 9.17) is 0 Å². The molecule has 3 heterocycles. The van der Waals surface area contributed by atoms with Gasteiger partial charge in [0.2, 0.25) is 0 Å². The van der Waals surface area contributed by atoms with Gasteiger partial charge in [0.15, 0.2) is 0 Å². The van der Waals surface area contributed by atoms with Gasteiger partial charge in [0.1, 0.15) is 0 Å². The fourth-order valence-electron chi connectivity index (χ4n) is 11.3. The molecule has 1 fully saturated rings. The molecule has 0 radical (unpaired) electrons. The molecule has 3 aliphatic heterocycles. The summed E-state index contributed by atoms with van der Waals surface area (Å²) in [5, 5.41) is 2.48. The van der Waals surface area contributed by atoms with Gasteiger partial charge < -0.3 is 14.7 Å². The first-order chi connectivity index (χ1) is 27.5. The lowest BCUT2D eigenvalue weighted by Crippen LogP contribution is -2.64. The SMILES string of the molecule is Cc1cc2c3c(c1)N1c4c(cccc4C4(C)CCCCC14C)B3c1ccc(N(c3ccc(C(C)(C)C)cc3)c3ccc4ccccc4c3)cc1N2c1ccccc1. The maximum Gasteiger partial charge on any atom is 0.252 e. The molecule has 0 spiro atoms. The molecule has 11 rings (SSSR count). The number of aryl methyl sites for hydroxylation is 1. The molecule has 3 nitrogen and oxygen atoms in total. The van der Waals surface area contributed by atoms with E-state index < -0.39 is 0 Å². The highest BCUT2D eigenvalue weighted by atomic mass is 15.3. The molecule has 1 saturated carbocycles. The van der Waals surface area contributed by atoms with Crippen molar-refractivity contribution < 1.29 is 0 Å². The van der Waals surface area contributed by atoms with Gasteiger partial charge in [-0.2, -0.15) is 0 Å². The van der Waals surface area contributed by atoms with Crippen LogP contribution in [0.1, 0.15) is 77.0 Å².